The Kier molecular flexibility index (Phi) is 4.34. The second kappa shape index (κ2) is 6.40. The van der Waals surface area contributed by atoms with Gasteiger partial charge in [0.1, 0.15) is 6.61 Å². The monoisotopic (exact) mass is 361 g/mol. The van der Waals surface area contributed by atoms with Crippen molar-refractivity contribution in [3.05, 3.63) is 58.6 Å². The molecule has 1 atom stereocenters. The zero-order valence-electron chi connectivity index (χ0n) is 12.2. The smallest absolute Gasteiger partial charge is 0.254 e. The van der Waals surface area contributed by atoms with E-state index in [1.807, 2.05) is 42.5 Å². The average molecular weight is 362 g/mol. The molecule has 3 rings (SSSR count). The van der Waals surface area contributed by atoms with Crippen LogP contribution in [0.4, 0.5) is 0 Å². The normalized spacial score (nSPS) is 16.2. The van der Waals surface area contributed by atoms with Crippen molar-refractivity contribution in [1.82, 2.24) is 4.90 Å². The maximum Gasteiger partial charge on any atom is 0.254 e. The number of fused-ring (bicyclic) bond motifs is 1. The van der Waals surface area contributed by atoms with Crippen molar-refractivity contribution in [3.63, 3.8) is 0 Å². The molecule has 0 fully saturated rings. The van der Waals surface area contributed by atoms with E-state index in [2.05, 4.69) is 15.9 Å². The van der Waals surface area contributed by atoms with Crippen molar-refractivity contribution >= 4 is 21.8 Å². The number of hydrogen-bond donors (Lipinski definition) is 0. The maximum absolute atomic E-state index is 12.5. The predicted molar refractivity (Wildman–Crippen MR) is 87.5 cm³/mol. The van der Waals surface area contributed by atoms with Crippen molar-refractivity contribution in [3.8, 4) is 11.5 Å². The molecule has 0 spiro atoms. The Morgan fingerprint density at radius 2 is 1.86 bits per heavy atom. The van der Waals surface area contributed by atoms with Gasteiger partial charge in [-0.15, -0.1) is 0 Å². The first-order valence-corrected chi connectivity index (χ1v) is 7.83. The van der Waals surface area contributed by atoms with Crippen LogP contribution in [0.25, 0.3) is 0 Å². The number of carbonyl (C=O) groups excluding carboxylic acids is 1. The maximum atomic E-state index is 12.5. The van der Waals surface area contributed by atoms with E-state index < -0.39 is 0 Å². The predicted octanol–water partition coefficient (Wildman–Crippen LogP) is 3.36. The van der Waals surface area contributed by atoms with Crippen molar-refractivity contribution in [2.75, 3.05) is 20.2 Å². The number of likely N-dealkylation sites (N-methyl/N-ethyl adjacent to an activating group) is 1. The number of nitrogens with zero attached hydrogens (tertiary/aromatic N) is 1. The van der Waals surface area contributed by atoms with Gasteiger partial charge in [0.2, 0.25) is 0 Å². The standard InChI is InChI=1S/C17H16BrNO3/c1-19(17(20)13-6-2-3-7-14(13)18)10-12-11-21-15-8-4-5-9-16(15)22-12/h2-9,12H,10-11H2,1H3. The van der Waals surface area contributed by atoms with Crippen LogP contribution in [0.2, 0.25) is 0 Å². The molecule has 0 saturated heterocycles. The van der Waals surface area contributed by atoms with E-state index in [0.717, 1.165) is 16.0 Å². The summed E-state index contributed by atoms with van der Waals surface area (Å²) in [4.78, 5) is 14.1. The van der Waals surface area contributed by atoms with Gasteiger partial charge in [-0.2, -0.15) is 0 Å². The molecular weight excluding hydrogens is 346 g/mol. The van der Waals surface area contributed by atoms with E-state index in [4.69, 9.17) is 9.47 Å². The molecule has 1 aliphatic heterocycles. The Labute approximate surface area is 137 Å². The number of amides is 1. The van der Waals surface area contributed by atoms with E-state index in [9.17, 15) is 4.79 Å². The van der Waals surface area contributed by atoms with E-state index in [1.165, 1.54) is 0 Å². The summed E-state index contributed by atoms with van der Waals surface area (Å²) in [6.07, 6.45) is -0.175. The van der Waals surface area contributed by atoms with Crippen molar-refractivity contribution < 1.29 is 14.3 Å². The van der Waals surface area contributed by atoms with Crippen LogP contribution in [0, 0.1) is 0 Å². The van der Waals surface area contributed by atoms with E-state index in [-0.39, 0.29) is 12.0 Å². The van der Waals surface area contributed by atoms with Crippen molar-refractivity contribution in [2.24, 2.45) is 0 Å². The van der Waals surface area contributed by atoms with Crippen LogP contribution < -0.4 is 9.47 Å². The molecule has 0 saturated carbocycles. The third kappa shape index (κ3) is 3.09. The molecule has 2 aromatic carbocycles. The fraction of sp³-hybridized carbons (Fsp3) is 0.235. The van der Waals surface area contributed by atoms with Gasteiger partial charge in [-0.05, 0) is 40.2 Å². The van der Waals surface area contributed by atoms with E-state index in [1.54, 1.807) is 18.0 Å². The number of rotatable bonds is 3. The second-order valence-corrected chi connectivity index (χ2v) is 6.02. The van der Waals surface area contributed by atoms with Crippen LogP contribution in [0.3, 0.4) is 0 Å². The summed E-state index contributed by atoms with van der Waals surface area (Å²) in [6, 6.07) is 15.0. The minimum absolute atomic E-state index is 0.0464. The van der Waals surface area contributed by atoms with Crippen LogP contribution >= 0.6 is 15.9 Å². The molecule has 4 nitrogen and oxygen atoms in total. The fourth-order valence-electron chi connectivity index (χ4n) is 2.38. The molecule has 2 aromatic rings. The summed E-state index contributed by atoms with van der Waals surface area (Å²) in [5, 5.41) is 0. The third-order valence-electron chi connectivity index (χ3n) is 3.50. The molecule has 0 aliphatic carbocycles. The van der Waals surface area contributed by atoms with Crippen LogP contribution in [0.5, 0.6) is 11.5 Å². The Morgan fingerprint density at radius 3 is 2.64 bits per heavy atom. The highest BCUT2D eigenvalue weighted by molar-refractivity contribution is 9.10. The number of hydrogen-bond acceptors (Lipinski definition) is 3. The molecule has 0 aromatic heterocycles. The Morgan fingerprint density at radius 1 is 1.18 bits per heavy atom. The second-order valence-electron chi connectivity index (χ2n) is 5.16. The molecule has 114 valence electrons. The number of ether oxygens (including phenoxy) is 2. The molecule has 5 heteroatoms. The third-order valence-corrected chi connectivity index (χ3v) is 4.19. The fourth-order valence-corrected chi connectivity index (χ4v) is 2.84. The zero-order chi connectivity index (χ0) is 15.5. The summed E-state index contributed by atoms with van der Waals surface area (Å²) in [7, 11) is 1.77. The Bertz CT molecular complexity index is 689. The molecule has 1 unspecified atom stereocenters. The van der Waals surface area contributed by atoms with Gasteiger partial charge < -0.3 is 14.4 Å². The number of benzene rings is 2. The summed E-state index contributed by atoms with van der Waals surface area (Å²) >= 11 is 3.41. The number of para-hydroxylation sites is 2. The SMILES string of the molecule is CN(CC1COc2ccccc2O1)C(=O)c1ccccc1Br. The molecule has 1 amide bonds. The van der Waals surface area contributed by atoms with E-state index >= 15 is 0 Å². The summed E-state index contributed by atoms with van der Waals surface area (Å²) in [5.41, 5.74) is 0.641. The highest BCUT2D eigenvalue weighted by Crippen LogP contribution is 2.31. The summed E-state index contributed by atoms with van der Waals surface area (Å²) < 4.78 is 12.4. The highest BCUT2D eigenvalue weighted by Gasteiger charge is 2.24. The molecular formula is C17H16BrNO3. The Balaban J connectivity index is 1.67. The molecule has 0 N–H and O–H groups in total. The van der Waals surface area contributed by atoms with Crippen LogP contribution in [-0.2, 0) is 0 Å². The first kappa shape index (κ1) is 14.9. The van der Waals surface area contributed by atoms with Crippen molar-refractivity contribution in [2.45, 2.75) is 6.10 Å². The van der Waals surface area contributed by atoms with Gasteiger partial charge in [0.25, 0.3) is 5.91 Å². The van der Waals surface area contributed by atoms with Crippen LogP contribution in [0.15, 0.2) is 53.0 Å². The largest absolute Gasteiger partial charge is 0.486 e. The summed E-state index contributed by atoms with van der Waals surface area (Å²) in [6.45, 7) is 0.902. The average Bonchev–Trinajstić information content (AvgIpc) is 2.54. The molecule has 0 bridgehead atoms. The van der Waals surface area contributed by atoms with Gasteiger partial charge in [-0.25, -0.2) is 0 Å². The van der Waals surface area contributed by atoms with Crippen molar-refractivity contribution in [1.29, 1.82) is 0 Å². The molecule has 1 aliphatic rings. The van der Waals surface area contributed by atoms with Gasteiger partial charge in [0.15, 0.2) is 17.6 Å². The quantitative estimate of drug-likeness (QED) is 0.841. The first-order valence-electron chi connectivity index (χ1n) is 7.03. The zero-order valence-corrected chi connectivity index (χ0v) is 13.7. The van der Waals surface area contributed by atoms with Gasteiger partial charge in [-0.1, -0.05) is 24.3 Å². The lowest BCUT2D eigenvalue weighted by Gasteiger charge is -2.29. The lowest BCUT2D eigenvalue weighted by molar-refractivity contribution is 0.0520. The number of halogens is 1. The topological polar surface area (TPSA) is 38.8 Å². The van der Waals surface area contributed by atoms with Gasteiger partial charge >= 0.3 is 0 Å². The van der Waals surface area contributed by atoms with Crippen LogP contribution in [0.1, 0.15) is 10.4 Å². The lowest BCUT2D eigenvalue weighted by Crippen LogP contribution is -2.41. The van der Waals surface area contributed by atoms with E-state index in [0.29, 0.717) is 18.7 Å². The molecule has 22 heavy (non-hydrogen) atoms. The van der Waals surface area contributed by atoms with Gasteiger partial charge in [0, 0.05) is 11.5 Å². The number of carbonyl (C=O) groups is 1. The van der Waals surface area contributed by atoms with Crippen LogP contribution in [-0.4, -0.2) is 37.1 Å². The summed E-state index contributed by atoms with van der Waals surface area (Å²) in [5.74, 6) is 1.42. The first-order chi connectivity index (χ1) is 10.6. The van der Waals surface area contributed by atoms with Gasteiger partial charge in [-0.3, -0.25) is 4.79 Å². The Hall–Kier alpha value is -2.01. The minimum Gasteiger partial charge on any atom is -0.486 e. The highest BCUT2D eigenvalue weighted by atomic mass is 79.9. The molecule has 0 radical (unpaired) electrons. The molecule has 1 heterocycles. The lowest BCUT2D eigenvalue weighted by atomic mass is 10.2. The minimum atomic E-state index is -0.175. The van der Waals surface area contributed by atoms with Gasteiger partial charge in [0.05, 0.1) is 12.1 Å².